The second kappa shape index (κ2) is 8.43. The lowest BCUT2D eigenvalue weighted by Crippen LogP contribution is -2.22. The Kier molecular flexibility index (Phi) is 5.69. The molecular weight excluding hydrogens is 414 g/mol. The molecule has 2 N–H and O–H groups in total. The normalized spacial score (nSPS) is 15.4. The van der Waals surface area contributed by atoms with E-state index in [1.807, 2.05) is 62.4 Å². The lowest BCUT2D eigenvalue weighted by atomic mass is 9.88. The van der Waals surface area contributed by atoms with Crippen LogP contribution in [0.4, 0.5) is 5.69 Å². The van der Waals surface area contributed by atoms with Crippen LogP contribution in [0.25, 0.3) is 11.1 Å². The van der Waals surface area contributed by atoms with E-state index in [1.165, 1.54) is 11.3 Å². The smallest absolute Gasteiger partial charge is 0.346 e. The van der Waals surface area contributed by atoms with Crippen LogP contribution in [0.15, 0.2) is 48.5 Å². The highest BCUT2D eigenvalue weighted by molar-refractivity contribution is 7.15. The number of ether oxygens (including phenoxy) is 2. The minimum Gasteiger partial charge on any atom is -0.493 e. The number of carbonyl (C=O) groups is 2. The molecule has 160 valence electrons. The first-order chi connectivity index (χ1) is 14.9. The zero-order valence-corrected chi connectivity index (χ0v) is 18.3. The molecule has 0 saturated heterocycles. The summed E-state index contributed by atoms with van der Waals surface area (Å²) in [6.07, 6.45) is 0.226. The summed E-state index contributed by atoms with van der Waals surface area (Å²) in [5, 5.41) is 12.8. The number of hydrogen-bond donors (Lipinski definition) is 2. The number of fused-ring (bicyclic) bond motifs is 1. The Hall–Kier alpha value is -3.32. The molecule has 1 atom stereocenters. The second-order valence-electron chi connectivity index (χ2n) is 7.60. The van der Waals surface area contributed by atoms with Crippen LogP contribution in [0.5, 0.6) is 11.5 Å². The molecule has 0 radical (unpaired) electrons. The third-order valence-corrected chi connectivity index (χ3v) is 6.41. The van der Waals surface area contributed by atoms with E-state index >= 15 is 0 Å². The Balaban J connectivity index is 1.85. The molecule has 31 heavy (non-hydrogen) atoms. The number of anilines is 1. The van der Waals surface area contributed by atoms with Crippen LogP contribution in [-0.4, -0.2) is 30.2 Å². The summed E-state index contributed by atoms with van der Waals surface area (Å²) in [5.74, 6) is -0.220. The summed E-state index contributed by atoms with van der Waals surface area (Å²) in [6, 6.07) is 14.9. The number of rotatable bonds is 6. The van der Waals surface area contributed by atoms with E-state index < -0.39 is 5.97 Å². The maximum Gasteiger partial charge on any atom is 0.346 e. The molecule has 0 bridgehead atoms. The van der Waals surface area contributed by atoms with Gasteiger partial charge in [0.05, 0.1) is 18.9 Å². The first-order valence-electron chi connectivity index (χ1n) is 9.98. The summed E-state index contributed by atoms with van der Waals surface area (Å²) < 4.78 is 11.3. The van der Waals surface area contributed by atoms with E-state index in [0.29, 0.717) is 22.7 Å². The fraction of sp³-hybridized carbons (Fsp3) is 0.250. The van der Waals surface area contributed by atoms with Crippen molar-refractivity contribution in [2.24, 2.45) is 0 Å². The molecule has 4 rings (SSSR count). The van der Waals surface area contributed by atoms with Crippen molar-refractivity contribution in [3.05, 3.63) is 63.8 Å². The van der Waals surface area contributed by atoms with Crippen molar-refractivity contribution >= 4 is 28.9 Å². The molecule has 1 aliphatic rings. The molecule has 2 heterocycles. The van der Waals surface area contributed by atoms with Gasteiger partial charge in [0, 0.05) is 22.8 Å². The molecule has 0 aliphatic carbocycles. The Labute approximate surface area is 184 Å². The maximum absolute atomic E-state index is 12.6. The van der Waals surface area contributed by atoms with Gasteiger partial charge in [0.15, 0.2) is 11.5 Å². The summed E-state index contributed by atoms with van der Waals surface area (Å²) in [6.45, 7) is 3.88. The van der Waals surface area contributed by atoms with E-state index in [1.54, 1.807) is 7.11 Å². The van der Waals surface area contributed by atoms with Gasteiger partial charge in [-0.05, 0) is 37.1 Å². The van der Waals surface area contributed by atoms with Crippen molar-refractivity contribution in [3.8, 4) is 22.6 Å². The zero-order valence-electron chi connectivity index (χ0n) is 17.5. The lowest BCUT2D eigenvalue weighted by Gasteiger charge is -2.25. The average Bonchev–Trinajstić information content (AvgIpc) is 3.13. The van der Waals surface area contributed by atoms with Gasteiger partial charge in [-0.15, -0.1) is 11.3 Å². The van der Waals surface area contributed by atoms with Crippen LogP contribution in [0.1, 0.15) is 46.3 Å². The maximum atomic E-state index is 12.6. The average molecular weight is 438 g/mol. The molecule has 1 aliphatic heterocycles. The van der Waals surface area contributed by atoms with E-state index in [0.717, 1.165) is 16.0 Å². The predicted octanol–water partition coefficient (Wildman–Crippen LogP) is 5.38. The molecule has 0 saturated carbocycles. The number of benzene rings is 2. The number of hydrogen-bond acceptors (Lipinski definition) is 5. The Morgan fingerprint density at radius 3 is 2.55 bits per heavy atom. The molecule has 0 spiro atoms. The minimum absolute atomic E-state index is 0.00402. The van der Waals surface area contributed by atoms with E-state index in [2.05, 4.69) is 5.32 Å². The van der Waals surface area contributed by atoms with Crippen LogP contribution in [0.3, 0.4) is 0 Å². The van der Waals surface area contributed by atoms with Crippen molar-refractivity contribution in [1.82, 2.24) is 0 Å². The van der Waals surface area contributed by atoms with Gasteiger partial charge in [-0.3, -0.25) is 4.79 Å². The lowest BCUT2D eigenvalue weighted by molar-refractivity contribution is -0.116. The molecule has 1 aromatic heterocycles. The minimum atomic E-state index is -1.01. The standard InChI is InChI=1S/C24H23NO5S/c1-13(2)30-17-10-9-15(11-18(17)29-3)16-12-19(26)25-21-20(14-7-5-4-6-8-14)23(24(27)28)31-22(16)21/h4-11,13,16H,12H2,1-3H3,(H,25,26)(H,27,28)/t16-/m0/s1. The van der Waals surface area contributed by atoms with Gasteiger partial charge >= 0.3 is 5.97 Å². The van der Waals surface area contributed by atoms with Crippen LogP contribution >= 0.6 is 11.3 Å². The first-order valence-corrected chi connectivity index (χ1v) is 10.8. The summed E-state index contributed by atoms with van der Waals surface area (Å²) in [5.41, 5.74) is 2.77. The summed E-state index contributed by atoms with van der Waals surface area (Å²) in [7, 11) is 1.58. The van der Waals surface area contributed by atoms with Crippen molar-refractivity contribution in [1.29, 1.82) is 0 Å². The van der Waals surface area contributed by atoms with Gasteiger partial charge in [-0.2, -0.15) is 0 Å². The molecule has 0 unspecified atom stereocenters. The molecular formula is C24H23NO5S. The number of carbonyl (C=O) groups excluding carboxylic acids is 1. The summed E-state index contributed by atoms with van der Waals surface area (Å²) >= 11 is 1.21. The van der Waals surface area contributed by atoms with Crippen molar-refractivity contribution < 1.29 is 24.2 Å². The van der Waals surface area contributed by atoms with E-state index in [9.17, 15) is 14.7 Å². The SMILES string of the molecule is COc1cc([C@@H]2CC(=O)Nc3c2sc(C(=O)O)c3-c2ccccc2)ccc1OC(C)C. The number of thiophene rings is 1. The largest absolute Gasteiger partial charge is 0.493 e. The van der Waals surface area contributed by atoms with Crippen molar-refractivity contribution in [2.45, 2.75) is 32.3 Å². The highest BCUT2D eigenvalue weighted by atomic mass is 32.1. The molecule has 6 nitrogen and oxygen atoms in total. The third-order valence-electron chi connectivity index (χ3n) is 5.12. The highest BCUT2D eigenvalue weighted by Crippen LogP contribution is 2.50. The van der Waals surface area contributed by atoms with E-state index in [4.69, 9.17) is 9.47 Å². The monoisotopic (exact) mass is 437 g/mol. The highest BCUT2D eigenvalue weighted by Gasteiger charge is 2.34. The number of carboxylic acid groups (broad SMARTS) is 1. The van der Waals surface area contributed by atoms with Crippen LogP contribution in [0.2, 0.25) is 0 Å². The van der Waals surface area contributed by atoms with Gasteiger partial charge in [0.1, 0.15) is 4.88 Å². The van der Waals surface area contributed by atoms with E-state index in [-0.39, 0.29) is 29.2 Å². The predicted molar refractivity (Wildman–Crippen MR) is 121 cm³/mol. The Morgan fingerprint density at radius 1 is 1.16 bits per heavy atom. The van der Waals surface area contributed by atoms with Crippen LogP contribution in [-0.2, 0) is 4.79 Å². The van der Waals surface area contributed by atoms with Gasteiger partial charge in [0.2, 0.25) is 5.91 Å². The number of methoxy groups -OCH3 is 1. The molecule has 0 fully saturated rings. The first kappa shape index (κ1) is 20.9. The molecule has 7 heteroatoms. The van der Waals surface area contributed by atoms with Gasteiger partial charge in [-0.25, -0.2) is 4.79 Å². The quantitative estimate of drug-likeness (QED) is 0.541. The number of carboxylic acids is 1. The third kappa shape index (κ3) is 4.01. The van der Waals surface area contributed by atoms with Crippen molar-refractivity contribution in [3.63, 3.8) is 0 Å². The number of nitrogens with one attached hydrogen (secondary N) is 1. The van der Waals surface area contributed by atoms with Gasteiger partial charge in [-0.1, -0.05) is 36.4 Å². The number of amides is 1. The molecule has 1 amide bonds. The second-order valence-corrected chi connectivity index (χ2v) is 8.65. The van der Waals surface area contributed by atoms with Crippen LogP contribution in [0, 0.1) is 0 Å². The van der Waals surface area contributed by atoms with Crippen molar-refractivity contribution in [2.75, 3.05) is 12.4 Å². The van der Waals surface area contributed by atoms with Gasteiger partial charge in [0.25, 0.3) is 0 Å². The molecule has 2 aromatic carbocycles. The molecule has 3 aromatic rings. The zero-order chi connectivity index (χ0) is 22.1. The number of aromatic carboxylic acids is 1. The van der Waals surface area contributed by atoms with Crippen LogP contribution < -0.4 is 14.8 Å². The Bertz CT molecular complexity index is 1140. The topological polar surface area (TPSA) is 84.9 Å². The van der Waals surface area contributed by atoms with Gasteiger partial charge < -0.3 is 19.9 Å². The summed E-state index contributed by atoms with van der Waals surface area (Å²) in [4.78, 5) is 25.7. The fourth-order valence-corrected chi connectivity index (χ4v) is 5.09. The Morgan fingerprint density at radius 2 is 1.90 bits per heavy atom. The fourth-order valence-electron chi connectivity index (χ4n) is 3.84.